The average molecular weight is 227 g/mol. The number of carboxylic acid groups (broad SMARTS) is 1. The van der Waals surface area contributed by atoms with Crippen molar-refractivity contribution in [3.8, 4) is 0 Å². The molecule has 0 aliphatic heterocycles. The van der Waals surface area contributed by atoms with Crippen LogP contribution >= 0.6 is 0 Å². The fourth-order valence-corrected chi connectivity index (χ4v) is 1.76. The number of carbonyl (C=O) groups is 1. The Morgan fingerprint density at radius 2 is 1.59 bits per heavy atom. The summed E-state index contributed by atoms with van der Waals surface area (Å²) in [5.74, 6) is -0.658. The predicted molar refractivity (Wildman–Crippen MR) is 65.2 cm³/mol. The number of aromatic nitrogens is 1. The van der Waals surface area contributed by atoms with E-state index < -0.39 is 5.97 Å². The molecular formula is C14H13NO2. The van der Waals surface area contributed by atoms with Gasteiger partial charge >= 0.3 is 5.97 Å². The predicted octanol–water partition coefficient (Wildman–Crippen LogP) is 2.93. The van der Waals surface area contributed by atoms with Crippen LogP contribution in [0.3, 0.4) is 0 Å². The third-order valence-corrected chi connectivity index (χ3v) is 2.86. The van der Waals surface area contributed by atoms with E-state index in [0.29, 0.717) is 5.56 Å². The first-order valence-electron chi connectivity index (χ1n) is 5.41. The van der Waals surface area contributed by atoms with Crippen molar-refractivity contribution in [1.82, 2.24) is 4.98 Å². The first-order valence-corrected chi connectivity index (χ1v) is 5.41. The summed E-state index contributed by atoms with van der Waals surface area (Å²) in [4.78, 5) is 14.7. The van der Waals surface area contributed by atoms with Crippen LogP contribution in [0.25, 0.3) is 0 Å². The monoisotopic (exact) mass is 227 g/mol. The smallest absolute Gasteiger partial charge is 0.335 e. The lowest BCUT2D eigenvalue weighted by atomic mass is 9.93. The van der Waals surface area contributed by atoms with Gasteiger partial charge in [-0.15, -0.1) is 0 Å². The maximum absolute atomic E-state index is 10.7. The van der Waals surface area contributed by atoms with Gasteiger partial charge < -0.3 is 5.11 Å². The van der Waals surface area contributed by atoms with Crippen LogP contribution < -0.4 is 0 Å². The van der Waals surface area contributed by atoms with E-state index in [0.717, 1.165) is 5.56 Å². The Labute approximate surface area is 99.8 Å². The first-order chi connectivity index (χ1) is 8.18. The van der Waals surface area contributed by atoms with Gasteiger partial charge in [0.2, 0.25) is 0 Å². The molecule has 0 saturated heterocycles. The second-order valence-corrected chi connectivity index (χ2v) is 3.93. The zero-order chi connectivity index (χ0) is 12.3. The summed E-state index contributed by atoms with van der Waals surface area (Å²) in [5, 5.41) is 8.82. The van der Waals surface area contributed by atoms with Gasteiger partial charge in [-0.05, 0) is 35.4 Å². The molecule has 1 aromatic heterocycles. The van der Waals surface area contributed by atoms with Crippen LogP contribution in [0.15, 0.2) is 48.8 Å². The van der Waals surface area contributed by atoms with Gasteiger partial charge in [-0.1, -0.05) is 19.1 Å². The summed E-state index contributed by atoms with van der Waals surface area (Å²) in [6.45, 7) is 2.09. The Kier molecular flexibility index (Phi) is 3.19. The minimum absolute atomic E-state index is 0.237. The van der Waals surface area contributed by atoms with Gasteiger partial charge in [0, 0.05) is 18.3 Å². The molecule has 3 nitrogen and oxygen atoms in total. The molecule has 0 aliphatic rings. The van der Waals surface area contributed by atoms with Gasteiger partial charge in [0.1, 0.15) is 0 Å². The minimum Gasteiger partial charge on any atom is -0.478 e. The van der Waals surface area contributed by atoms with Crippen molar-refractivity contribution in [3.63, 3.8) is 0 Å². The fraction of sp³-hybridized carbons (Fsp3) is 0.143. The Hall–Kier alpha value is -2.16. The quantitative estimate of drug-likeness (QED) is 0.877. The summed E-state index contributed by atoms with van der Waals surface area (Å²) in [5.41, 5.74) is 2.58. The largest absolute Gasteiger partial charge is 0.478 e. The van der Waals surface area contributed by atoms with E-state index in [2.05, 4.69) is 11.9 Å². The van der Waals surface area contributed by atoms with E-state index in [1.807, 2.05) is 24.3 Å². The van der Waals surface area contributed by atoms with E-state index in [9.17, 15) is 4.79 Å². The van der Waals surface area contributed by atoms with E-state index in [4.69, 9.17) is 5.11 Å². The topological polar surface area (TPSA) is 50.2 Å². The number of rotatable bonds is 3. The molecule has 0 saturated carbocycles. The number of carboxylic acids is 1. The second kappa shape index (κ2) is 4.78. The molecule has 1 unspecified atom stereocenters. The number of pyridine rings is 1. The Balaban J connectivity index is 2.26. The number of benzene rings is 1. The maximum Gasteiger partial charge on any atom is 0.335 e. The maximum atomic E-state index is 10.7. The molecule has 1 aromatic carbocycles. The normalized spacial score (nSPS) is 12.1. The van der Waals surface area contributed by atoms with Crippen LogP contribution in [0.4, 0.5) is 0 Å². The highest BCUT2D eigenvalue weighted by Gasteiger charge is 2.09. The van der Waals surface area contributed by atoms with Gasteiger partial charge in [0.15, 0.2) is 0 Å². The zero-order valence-electron chi connectivity index (χ0n) is 9.50. The number of aromatic carboxylic acids is 1. The van der Waals surface area contributed by atoms with E-state index in [1.165, 1.54) is 5.56 Å². The van der Waals surface area contributed by atoms with Crippen LogP contribution in [0.1, 0.15) is 34.3 Å². The molecule has 0 aliphatic carbocycles. The van der Waals surface area contributed by atoms with Crippen molar-refractivity contribution in [3.05, 3.63) is 65.5 Å². The van der Waals surface area contributed by atoms with Gasteiger partial charge in [-0.25, -0.2) is 4.79 Å². The molecule has 0 spiro atoms. The van der Waals surface area contributed by atoms with Crippen molar-refractivity contribution in [1.29, 1.82) is 0 Å². The van der Waals surface area contributed by atoms with Gasteiger partial charge in [-0.3, -0.25) is 4.98 Å². The minimum atomic E-state index is -0.895. The highest BCUT2D eigenvalue weighted by Crippen LogP contribution is 2.23. The molecule has 1 N–H and O–H groups in total. The van der Waals surface area contributed by atoms with Gasteiger partial charge in [0.25, 0.3) is 0 Å². The highest BCUT2D eigenvalue weighted by molar-refractivity contribution is 5.87. The number of hydrogen-bond acceptors (Lipinski definition) is 2. The van der Waals surface area contributed by atoms with Crippen LogP contribution in [0.2, 0.25) is 0 Å². The zero-order valence-corrected chi connectivity index (χ0v) is 9.50. The lowest BCUT2D eigenvalue weighted by molar-refractivity contribution is 0.0697. The van der Waals surface area contributed by atoms with Crippen molar-refractivity contribution in [2.75, 3.05) is 0 Å². The van der Waals surface area contributed by atoms with Crippen molar-refractivity contribution in [2.24, 2.45) is 0 Å². The highest BCUT2D eigenvalue weighted by atomic mass is 16.4. The SMILES string of the molecule is CC(c1ccncc1)c1ccc(C(=O)O)cc1. The van der Waals surface area contributed by atoms with Crippen LogP contribution in [-0.4, -0.2) is 16.1 Å². The Morgan fingerprint density at radius 3 is 2.12 bits per heavy atom. The standard InChI is InChI=1S/C14H13NO2/c1-10(12-6-8-15-9-7-12)11-2-4-13(5-3-11)14(16)17/h2-10H,1H3,(H,16,17). The molecule has 0 radical (unpaired) electrons. The summed E-state index contributed by atoms with van der Waals surface area (Å²) in [6.07, 6.45) is 3.52. The van der Waals surface area contributed by atoms with E-state index in [-0.39, 0.29) is 5.92 Å². The van der Waals surface area contributed by atoms with Crippen LogP contribution in [0.5, 0.6) is 0 Å². The second-order valence-electron chi connectivity index (χ2n) is 3.93. The molecule has 1 atom stereocenters. The third-order valence-electron chi connectivity index (χ3n) is 2.86. The molecule has 3 heteroatoms. The van der Waals surface area contributed by atoms with Crippen LogP contribution in [-0.2, 0) is 0 Å². The first kappa shape index (κ1) is 11.3. The molecule has 0 amide bonds. The van der Waals surface area contributed by atoms with Gasteiger partial charge in [0.05, 0.1) is 5.56 Å². The van der Waals surface area contributed by atoms with Crippen molar-refractivity contribution < 1.29 is 9.90 Å². The molecule has 2 aromatic rings. The van der Waals surface area contributed by atoms with Crippen molar-refractivity contribution in [2.45, 2.75) is 12.8 Å². The Morgan fingerprint density at radius 1 is 1.06 bits per heavy atom. The molecular weight excluding hydrogens is 214 g/mol. The van der Waals surface area contributed by atoms with Crippen LogP contribution in [0, 0.1) is 0 Å². The summed E-state index contributed by atoms with van der Waals surface area (Å²) >= 11 is 0. The molecule has 1 heterocycles. The summed E-state index contributed by atoms with van der Waals surface area (Å²) in [6, 6.07) is 10.9. The third kappa shape index (κ3) is 2.50. The van der Waals surface area contributed by atoms with Gasteiger partial charge in [-0.2, -0.15) is 0 Å². The van der Waals surface area contributed by atoms with Crippen molar-refractivity contribution >= 4 is 5.97 Å². The number of hydrogen-bond donors (Lipinski definition) is 1. The molecule has 17 heavy (non-hydrogen) atoms. The molecule has 0 bridgehead atoms. The fourth-order valence-electron chi connectivity index (χ4n) is 1.76. The molecule has 0 fully saturated rings. The van der Waals surface area contributed by atoms with E-state index in [1.54, 1.807) is 24.5 Å². The summed E-state index contributed by atoms with van der Waals surface area (Å²) < 4.78 is 0. The van der Waals surface area contributed by atoms with E-state index >= 15 is 0 Å². The lowest BCUT2D eigenvalue weighted by Gasteiger charge is -2.12. The molecule has 2 rings (SSSR count). The average Bonchev–Trinajstić information content (AvgIpc) is 2.39. The lowest BCUT2D eigenvalue weighted by Crippen LogP contribution is -1.99. The summed E-state index contributed by atoms with van der Waals surface area (Å²) in [7, 11) is 0. The molecule has 86 valence electrons. The Bertz CT molecular complexity index is 506. The number of nitrogens with zero attached hydrogens (tertiary/aromatic N) is 1.